The van der Waals surface area contributed by atoms with Crippen LogP contribution in [-0.2, 0) is 6.54 Å². The molecule has 0 radical (unpaired) electrons. The van der Waals surface area contributed by atoms with Crippen LogP contribution in [0.2, 0.25) is 0 Å². The molecule has 21 heavy (non-hydrogen) atoms. The highest BCUT2D eigenvalue weighted by molar-refractivity contribution is 7.21. The van der Waals surface area contributed by atoms with Crippen LogP contribution < -0.4 is 5.32 Å². The van der Waals surface area contributed by atoms with Gasteiger partial charge in [0.05, 0.1) is 0 Å². The summed E-state index contributed by atoms with van der Waals surface area (Å²) in [6.07, 6.45) is 3.41. The minimum atomic E-state index is -0.979. The lowest BCUT2D eigenvalue weighted by Crippen LogP contribution is -2.26. The van der Waals surface area contributed by atoms with Crippen molar-refractivity contribution in [1.82, 2.24) is 5.32 Å². The second kappa shape index (κ2) is 5.73. The Bertz CT molecular complexity index is 682. The molecule has 0 bridgehead atoms. The minimum Gasteiger partial charge on any atom is -0.477 e. The summed E-state index contributed by atoms with van der Waals surface area (Å²) in [5.41, 5.74) is 0.583. The van der Waals surface area contributed by atoms with Gasteiger partial charge < -0.3 is 10.4 Å². The van der Waals surface area contributed by atoms with Crippen LogP contribution in [0.1, 0.15) is 41.4 Å². The smallest absolute Gasteiger partial charge is 0.346 e. The molecule has 112 valence electrons. The molecule has 0 aliphatic heterocycles. The van der Waals surface area contributed by atoms with Crippen LogP contribution in [0.4, 0.5) is 4.39 Å². The Morgan fingerprint density at radius 2 is 2.29 bits per heavy atom. The molecule has 2 atom stereocenters. The maximum absolute atomic E-state index is 14.1. The average Bonchev–Trinajstić information content (AvgIpc) is 3.01. The fraction of sp³-hybridized carbons (Fsp3) is 0.438. The standard InChI is InChI=1S/C16H18FNO2S/c1-9-5-6-10(7-9)18-8-11-14-12(17)3-2-4-13(14)21-15(11)16(19)20/h2-4,9-10,18H,5-8H2,1H3,(H,19,20). The fourth-order valence-corrected chi connectivity index (χ4v) is 4.22. The Morgan fingerprint density at radius 1 is 1.48 bits per heavy atom. The zero-order valence-corrected chi connectivity index (χ0v) is 12.7. The predicted octanol–water partition coefficient (Wildman–Crippen LogP) is 4.02. The molecule has 1 heterocycles. The van der Waals surface area contributed by atoms with Crippen molar-refractivity contribution >= 4 is 27.4 Å². The Morgan fingerprint density at radius 3 is 2.95 bits per heavy atom. The summed E-state index contributed by atoms with van der Waals surface area (Å²) in [6, 6.07) is 5.19. The summed E-state index contributed by atoms with van der Waals surface area (Å²) < 4.78 is 14.8. The molecular formula is C16H18FNO2S. The Balaban J connectivity index is 1.92. The number of carboxylic acids is 1. The molecule has 0 amide bonds. The number of halogens is 1. The molecule has 0 spiro atoms. The van der Waals surface area contributed by atoms with Crippen molar-refractivity contribution in [3.8, 4) is 0 Å². The molecule has 2 aromatic rings. The van der Waals surface area contributed by atoms with Crippen molar-refractivity contribution in [2.75, 3.05) is 0 Å². The van der Waals surface area contributed by atoms with Gasteiger partial charge in [0.2, 0.25) is 0 Å². The number of carboxylic acid groups (broad SMARTS) is 1. The first-order valence-electron chi connectivity index (χ1n) is 7.23. The molecule has 2 N–H and O–H groups in total. The number of aromatic carboxylic acids is 1. The largest absolute Gasteiger partial charge is 0.477 e. The number of rotatable bonds is 4. The molecule has 3 nitrogen and oxygen atoms in total. The van der Waals surface area contributed by atoms with Gasteiger partial charge in [-0.05, 0) is 37.3 Å². The van der Waals surface area contributed by atoms with E-state index in [-0.39, 0.29) is 10.7 Å². The fourth-order valence-electron chi connectivity index (χ4n) is 3.15. The van der Waals surface area contributed by atoms with Crippen LogP contribution in [0.5, 0.6) is 0 Å². The van der Waals surface area contributed by atoms with E-state index in [1.165, 1.54) is 12.5 Å². The molecule has 1 saturated carbocycles. The van der Waals surface area contributed by atoms with Gasteiger partial charge in [0.15, 0.2) is 0 Å². The Kier molecular flexibility index (Phi) is 3.95. The Hall–Kier alpha value is -1.46. The van der Waals surface area contributed by atoms with Gasteiger partial charge in [0.25, 0.3) is 0 Å². The van der Waals surface area contributed by atoms with E-state index in [1.54, 1.807) is 12.1 Å². The molecule has 5 heteroatoms. The first kappa shape index (κ1) is 14.5. The molecule has 1 fully saturated rings. The van der Waals surface area contributed by atoms with Gasteiger partial charge in [0.1, 0.15) is 10.7 Å². The van der Waals surface area contributed by atoms with E-state index in [1.807, 2.05) is 0 Å². The van der Waals surface area contributed by atoms with E-state index >= 15 is 0 Å². The normalized spacial score (nSPS) is 22.0. The van der Waals surface area contributed by atoms with E-state index < -0.39 is 5.97 Å². The Labute approximate surface area is 126 Å². The number of hydrogen-bond acceptors (Lipinski definition) is 3. The van der Waals surface area contributed by atoms with Gasteiger partial charge in [-0.3, -0.25) is 0 Å². The third-order valence-electron chi connectivity index (χ3n) is 4.22. The quantitative estimate of drug-likeness (QED) is 0.897. The van der Waals surface area contributed by atoms with Crippen LogP contribution >= 0.6 is 11.3 Å². The average molecular weight is 307 g/mol. The minimum absolute atomic E-state index is 0.244. The number of thiophene rings is 1. The zero-order valence-electron chi connectivity index (χ0n) is 11.9. The maximum atomic E-state index is 14.1. The van der Waals surface area contributed by atoms with E-state index in [4.69, 9.17) is 0 Å². The number of fused-ring (bicyclic) bond motifs is 1. The maximum Gasteiger partial charge on any atom is 0.346 e. The van der Waals surface area contributed by atoms with Gasteiger partial charge in [-0.25, -0.2) is 9.18 Å². The first-order valence-corrected chi connectivity index (χ1v) is 8.04. The lowest BCUT2D eigenvalue weighted by molar-refractivity contribution is 0.0701. The van der Waals surface area contributed by atoms with E-state index in [2.05, 4.69) is 12.2 Å². The highest BCUT2D eigenvalue weighted by Crippen LogP contribution is 2.34. The molecule has 0 saturated heterocycles. The predicted molar refractivity (Wildman–Crippen MR) is 82.4 cm³/mol. The van der Waals surface area contributed by atoms with Crippen LogP contribution in [0, 0.1) is 11.7 Å². The monoisotopic (exact) mass is 307 g/mol. The van der Waals surface area contributed by atoms with Crippen LogP contribution in [0.25, 0.3) is 10.1 Å². The van der Waals surface area contributed by atoms with Crippen molar-refractivity contribution in [2.45, 2.75) is 38.8 Å². The molecular weight excluding hydrogens is 289 g/mol. The molecule has 2 unspecified atom stereocenters. The van der Waals surface area contributed by atoms with Crippen molar-refractivity contribution in [2.24, 2.45) is 5.92 Å². The zero-order chi connectivity index (χ0) is 15.0. The molecule has 1 aromatic carbocycles. The van der Waals surface area contributed by atoms with Crippen LogP contribution in [-0.4, -0.2) is 17.1 Å². The summed E-state index contributed by atoms with van der Waals surface area (Å²) in [5, 5.41) is 13.2. The lowest BCUT2D eigenvalue weighted by Gasteiger charge is -2.12. The second-order valence-corrected chi connectivity index (χ2v) is 6.88. The second-order valence-electron chi connectivity index (χ2n) is 5.82. The van der Waals surface area contributed by atoms with Gasteiger partial charge in [0, 0.05) is 28.2 Å². The lowest BCUT2D eigenvalue weighted by atomic mass is 10.1. The van der Waals surface area contributed by atoms with Gasteiger partial charge in [-0.2, -0.15) is 0 Å². The summed E-state index contributed by atoms with van der Waals surface area (Å²) in [7, 11) is 0. The summed E-state index contributed by atoms with van der Waals surface area (Å²) in [5.74, 6) is -0.613. The SMILES string of the molecule is CC1CCC(NCc2c(C(=O)O)sc3cccc(F)c23)C1. The van der Waals surface area contributed by atoms with Crippen LogP contribution in [0.3, 0.4) is 0 Å². The van der Waals surface area contributed by atoms with Crippen molar-refractivity contribution in [3.05, 3.63) is 34.5 Å². The van der Waals surface area contributed by atoms with Crippen molar-refractivity contribution in [3.63, 3.8) is 0 Å². The molecule has 3 rings (SSSR count). The summed E-state index contributed by atoms with van der Waals surface area (Å²) in [6.45, 7) is 2.64. The highest BCUT2D eigenvalue weighted by Gasteiger charge is 2.24. The molecule has 1 aliphatic carbocycles. The van der Waals surface area contributed by atoms with Crippen LogP contribution in [0.15, 0.2) is 18.2 Å². The highest BCUT2D eigenvalue weighted by atomic mass is 32.1. The van der Waals surface area contributed by atoms with E-state index in [0.29, 0.717) is 34.2 Å². The molecule has 1 aromatic heterocycles. The first-order chi connectivity index (χ1) is 10.1. The summed E-state index contributed by atoms with van der Waals surface area (Å²) in [4.78, 5) is 11.7. The third-order valence-corrected chi connectivity index (χ3v) is 5.41. The van der Waals surface area contributed by atoms with Gasteiger partial charge in [-0.15, -0.1) is 11.3 Å². The van der Waals surface area contributed by atoms with E-state index in [0.717, 1.165) is 24.2 Å². The van der Waals surface area contributed by atoms with Crippen molar-refractivity contribution in [1.29, 1.82) is 0 Å². The number of benzene rings is 1. The van der Waals surface area contributed by atoms with Gasteiger partial charge >= 0.3 is 5.97 Å². The number of carbonyl (C=O) groups is 1. The van der Waals surface area contributed by atoms with E-state index in [9.17, 15) is 14.3 Å². The number of hydrogen-bond donors (Lipinski definition) is 2. The third kappa shape index (κ3) is 2.80. The van der Waals surface area contributed by atoms with Crippen molar-refractivity contribution < 1.29 is 14.3 Å². The topological polar surface area (TPSA) is 49.3 Å². The summed E-state index contributed by atoms with van der Waals surface area (Å²) >= 11 is 1.15. The van der Waals surface area contributed by atoms with Gasteiger partial charge in [-0.1, -0.05) is 13.0 Å². The molecule has 1 aliphatic rings. The number of nitrogens with one attached hydrogen (secondary N) is 1.